The molecule has 1 aromatic heterocycles. The van der Waals surface area contributed by atoms with Gasteiger partial charge in [-0.25, -0.2) is 0 Å². The number of amides is 2. The van der Waals surface area contributed by atoms with E-state index in [2.05, 4.69) is 25.7 Å². The van der Waals surface area contributed by atoms with E-state index in [4.69, 9.17) is 0 Å². The van der Waals surface area contributed by atoms with Gasteiger partial charge in [0.05, 0.1) is 5.69 Å². The zero-order valence-electron chi connectivity index (χ0n) is 15.1. The number of hydrogen-bond acceptors (Lipinski definition) is 5. The number of nitrogens with zero attached hydrogens (tertiary/aromatic N) is 3. The van der Waals surface area contributed by atoms with Crippen LogP contribution in [0.5, 0.6) is 0 Å². The van der Waals surface area contributed by atoms with E-state index < -0.39 is 6.04 Å². The van der Waals surface area contributed by atoms with Gasteiger partial charge in [0.1, 0.15) is 6.04 Å². The van der Waals surface area contributed by atoms with Crippen molar-refractivity contribution in [3.63, 3.8) is 0 Å². The van der Waals surface area contributed by atoms with Crippen LogP contribution >= 0.6 is 0 Å². The van der Waals surface area contributed by atoms with Crippen molar-refractivity contribution in [1.29, 1.82) is 0 Å². The predicted molar refractivity (Wildman–Crippen MR) is 103 cm³/mol. The molecule has 1 unspecified atom stereocenters. The van der Waals surface area contributed by atoms with Crippen LogP contribution in [0.4, 0.5) is 11.5 Å². The SMILES string of the molecule is O=C1CCC(C(=O)Nc2ccc(-c3ccc(N4CCCCC4)nn3)cc2)N1. The smallest absolute Gasteiger partial charge is 0.246 e. The number of carbonyl (C=O) groups is 2. The lowest BCUT2D eigenvalue weighted by Gasteiger charge is -2.27. The molecule has 7 heteroatoms. The Morgan fingerprint density at radius 2 is 1.81 bits per heavy atom. The number of aromatic nitrogens is 2. The number of nitrogens with one attached hydrogen (secondary N) is 2. The van der Waals surface area contributed by atoms with Gasteiger partial charge >= 0.3 is 0 Å². The Kier molecular flexibility index (Phi) is 5.00. The molecule has 2 aliphatic heterocycles. The second-order valence-electron chi connectivity index (χ2n) is 7.05. The van der Waals surface area contributed by atoms with Crippen molar-refractivity contribution >= 4 is 23.3 Å². The monoisotopic (exact) mass is 365 g/mol. The number of rotatable bonds is 4. The average Bonchev–Trinajstić information content (AvgIpc) is 3.16. The summed E-state index contributed by atoms with van der Waals surface area (Å²) >= 11 is 0. The van der Waals surface area contributed by atoms with Crippen molar-refractivity contribution in [2.75, 3.05) is 23.3 Å². The molecule has 0 radical (unpaired) electrons. The van der Waals surface area contributed by atoms with E-state index in [-0.39, 0.29) is 11.8 Å². The van der Waals surface area contributed by atoms with Crippen molar-refractivity contribution in [2.45, 2.75) is 38.1 Å². The second-order valence-corrected chi connectivity index (χ2v) is 7.05. The Balaban J connectivity index is 1.39. The maximum absolute atomic E-state index is 12.2. The van der Waals surface area contributed by atoms with Gasteiger partial charge in [-0.2, -0.15) is 0 Å². The largest absolute Gasteiger partial charge is 0.355 e. The van der Waals surface area contributed by atoms with E-state index in [9.17, 15) is 9.59 Å². The van der Waals surface area contributed by atoms with Crippen LogP contribution in [0.1, 0.15) is 32.1 Å². The zero-order chi connectivity index (χ0) is 18.6. The maximum Gasteiger partial charge on any atom is 0.246 e. The van der Waals surface area contributed by atoms with Gasteiger partial charge in [0.2, 0.25) is 11.8 Å². The van der Waals surface area contributed by atoms with Gasteiger partial charge in [0.15, 0.2) is 5.82 Å². The number of benzene rings is 1. The van der Waals surface area contributed by atoms with Gasteiger partial charge in [0.25, 0.3) is 0 Å². The lowest BCUT2D eigenvalue weighted by atomic mass is 10.1. The van der Waals surface area contributed by atoms with Crippen molar-refractivity contribution < 1.29 is 9.59 Å². The molecule has 2 N–H and O–H groups in total. The summed E-state index contributed by atoms with van der Waals surface area (Å²) in [6.07, 6.45) is 4.66. The van der Waals surface area contributed by atoms with Crippen LogP contribution < -0.4 is 15.5 Å². The van der Waals surface area contributed by atoms with E-state index in [1.807, 2.05) is 36.4 Å². The number of carbonyl (C=O) groups excluding carboxylic acids is 2. The number of piperidine rings is 1. The lowest BCUT2D eigenvalue weighted by molar-refractivity contribution is -0.122. The molecular weight excluding hydrogens is 342 g/mol. The third-order valence-corrected chi connectivity index (χ3v) is 5.09. The van der Waals surface area contributed by atoms with Crippen LogP contribution in [0.3, 0.4) is 0 Å². The van der Waals surface area contributed by atoms with Crippen LogP contribution in [0, 0.1) is 0 Å². The highest BCUT2D eigenvalue weighted by Crippen LogP contribution is 2.22. The Morgan fingerprint density at radius 3 is 2.44 bits per heavy atom. The van der Waals surface area contributed by atoms with Crippen LogP contribution in [0.2, 0.25) is 0 Å². The molecule has 7 nitrogen and oxygen atoms in total. The van der Waals surface area contributed by atoms with E-state index >= 15 is 0 Å². The van der Waals surface area contributed by atoms with Crippen molar-refractivity contribution in [3.8, 4) is 11.3 Å². The molecule has 3 heterocycles. The van der Waals surface area contributed by atoms with Crippen molar-refractivity contribution in [1.82, 2.24) is 15.5 Å². The van der Waals surface area contributed by atoms with Gasteiger partial charge in [-0.3, -0.25) is 9.59 Å². The molecule has 0 bridgehead atoms. The van der Waals surface area contributed by atoms with Gasteiger partial charge in [-0.1, -0.05) is 12.1 Å². The van der Waals surface area contributed by atoms with Gasteiger partial charge in [0, 0.05) is 30.8 Å². The number of hydrogen-bond donors (Lipinski definition) is 2. The number of anilines is 2. The third-order valence-electron chi connectivity index (χ3n) is 5.09. The first-order valence-corrected chi connectivity index (χ1v) is 9.48. The van der Waals surface area contributed by atoms with E-state index in [0.29, 0.717) is 18.5 Å². The molecule has 2 aliphatic rings. The van der Waals surface area contributed by atoms with Crippen molar-refractivity contribution in [3.05, 3.63) is 36.4 Å². The second kappa shape index (κ2) is 7.73. The highest BCUT2D eigenvalue weighted by molar-refractivity contribution is 5.99. The Morgan fingerprint density at radius 1 is 1.04 bits per heavy atom. The Labute approximate surface area is 158 Å². The quantitative estimate of drug-likeness (QED) is 0.868. The molecule has 2 aromatic rings. The zero-order valence-corrected chi connectivity index (χ0v) is 15.1. The van der Waals surface area contributed by atoms with Gasteiger partial charge in [-0.05, 0) is 49.9 Å². The molecule has 140 valence electrons. The molecule has 2 saturated heterocycles. The molecule has 2 amide bonds. The molecule has 0 saturated carbocycles. The minimum absolute atomic E-state index is 0.0722. The Hall–Kier alpha value is -2.96. The summed E-state index contributed by atoms with van der Waals surface area (Å²) in [6.45, 7) is 2.09. The summed E-state index contributed by atoms with van der Waals surface area (Å²) in [6, 6.07) is 11.1. The predicted octanol–water partition coefficient (Wildman–Crippen LogP) is 2.35. The molecule has 2 fully saturated rings. The fraction of sp³-hybridized carbons (Fsp3) is 0.400. The summed E-state index contributed by atoms with van der Waals surface area (Å²) in [7, 11) is 0. The van der Waals surface area contributed by atoms with E-state index in [0.717, 1.165) is 30.2 Å². The summed E-state index contributed by atoms with van der Waals surface area (Å²) < 4.78 is 0. The topological polar surface area (TPSA) is 87.2 Å². The van der Waals surface area contributed by atoms with E-state index in [1.165, 1.54) is 19.3 Å². The molecule has 1 aromatic carbocycles. The first kappa shape index (κ1) is 17.5. The first-order chi connectivity index (χ1) is 13.2. The standard InChI is InChI=1S/C20H23N5O2/c26-19-11-9-17(22-19)20(27)21-15-6-4-14(5-7-15)16-8-10-18(24-23-16)25-12-2-1-3-13-25/h4-8,10,17H,1-3,9,11-13H2,(H,21,27)(H,22,26). The van der Waals surface area contributed by atoms with Crippen LogP contribution in [0.15, 0.2) is 36.4 Å². The average molecular weight is 365 g/mol. The molecular formula is C20H23N5O2. The summed E-state index contributed by atoms with van der Waals surface area (Å²) in [5.74, 6) is 0.678. The highest BCUT2D eigenvalue weighted by atomic mass is 16.2. The van der Waals surface area contributed by atoms with Crippen molar-refractivity contribution in [2.24, 2.45) is 0 Å². The summed E-state index contributed by atoms with van der Waals surface area (Å²) in [5.41, 5.74) is 2.44. The minimum atomic E-state index is -0.439. The maximum atomic E-state index is 12.2. The molecule has 1 atom stereocenters. The summed E-state index contributed by atoms with van der Waals surface area (Å²) in [5, 5.41) is 14.2. The minimum Gasteiger partial charge on any atom is -0.355 e. The molecule has 0 spiro atoms. The van der Waals surface area contributed by atoms with Crippen LogP contribution in [-0.4, -0.2) is 41.1 Å². The summed E-state index contributed by atoms with van der Waals surface area (Å²) in [4.78, 5) is 25.7. The molecule has 27 heavy (non-hydrogen) atoms. The fourth-order valence-electron chi connectivity index (χ4n) is 3.54. The molecule has 4 rings (SSSR count). The third kappa shape index (κ3) is 4.07. The van der Waals surface area contributed by atoms with Crippen LogP contribution in [0.25, 0.3) is 11.3 Å². The van der Waals surface area contributed by atoms with Gasteiger partial charge < -0.3 is 15.5 Å². The van der Waals surface area contributed by atoms with Crippen LogP contribution in [-0.2, 0) is 9.59 Å². The normalized spacial score (nSPS) is 19.6. The van der Waals surface area contributed by atoms with E-state index in [1.54, 1.807) is 0 Å². The highest BCUT2D eigenvalue weighted by Gasteiger charge is 2.27. The Bertz CT molecular complexity index is 813. The lowest BCUT2D eigenvalue weighted by Crippen LogP contribution is -2.37. The molecule has 0 aliphatic carbocycles. The fourth-order valence-corrected chi connectivity index (χ4v) is 3.54. The van der Waals surface area contributed by atoms with Gasteiger partial charge in [-0.15, -0.1) is 10.2 Å². The first-order valence-electron chi connectivity index (χ1n) is 9.48.